The Labute approximate surface area is 231 Å². The fourth-order valence-corrected chi connectivity index (χ4v) is 4.91. The molecule has 0 atom stereocenters. The molecule has 1 N–H and O–H groups in total. The fourth-order valence-electron chi connectivity index (χ4n) is 4.91. The van der Waals surface area contributed by atoms with Crippen LogP contribution in [0.4, 0.5) is 4.79 Å². The van der Waals surface area contributed by atoms with Crippen LogP contribution < -0.4 is 5.56 Å². The van der Waals surface area contributed by atoms with Gasteiger partial charge in [0.1, 0.15) is 11.7 Å². The number of aliphatic hydroxyl groups is 1. The summed E-state index contributed by atoms with van der Waals surface area (Å²) >= 11 is 0. The van der Waals surface area contributed by atoms with Crippen molar-refractivity contribution >= 4 is 23.0 Å². The summed E-state index contributed by atoms with van der Waals surface area (Å²) in [6.45, 7) is 0.889. The average molecular weight is 545 g/mol. The second-order valence-corrected chi connectivity index (χ2v) is 10.6. The van der Waals surface area contributed by atoms with Gasteiger partial charge in [0.2, 0.25) is 0 Å². The minimum atomic E-state index is -1.13. The Kier molecular flexibility index (Phi) is 7.11. The van der Waals surface area contributed by atoms with E-state index >= 15 is 0 Å². The lowest BCUT2D eigenvalue weighted by molar-refractivity contribution is -0.0282. The van der Waals surface area contributed by atoms with Crippen LogP contribution in [0.25, 0.3) is 27.8 Å². The van der Waals surface area contributed by atoms with Crippen molar-refractivity contribution in [1.82, 2.24) is 39.0 Å². The molecule has 12 nitrogen and oxygen atoms in total. The molecular formula is C28H32N8O4. The third kappa shape index (κ3) is 5.17. The third-order valence-electron chi connectivity index (χ3n) is 7.18. The molecule has 208 valence electrons. The highest BCUT2D eigenvalue weighted by Gasteiger charge is 2.35. The van der Waals surface area contributed by atoms with Crippen molar-refractivity contribution in [2.24, 2.45) is 0 Å². The number of hydrogen-bond donors (Lipinski definition) is 1. The number of carbonyl (C=O) groups excluding carboxylic acids is 2. The molecule has 4 aromatic rings. The maximum Gasteiger partial charge on any atom is 0.319 e. The number of benzene rings is 1. The number of hydrogen-bond acceptors (Lipinski definition) is 7. The Bertz CT molecular complexity index is 1630. The maximum atomic E-state index is 13.3. The summed E-state index contributed by atoms with van der Waals surface area (Å²) in [5.41, 5.74) is 1.71. The van der Waals surface area contributed by atoms with Crippen LogP contribution in [0, 0.1) is 0 Å². The minimum absolute atomic E-state index is 0.0724. The van der Waals surface area contributed by atoms with E-state index in [1.807, 2.05) is 24.3 Å². The van der Waals surface area contributed by atoms with Crippen LogP contribution in [0.2, 0.25) is 0 Å². The Hall–Kier alpha value is -4.58. The zero-order chi connectivity index (χ0) is 28.6. The molecular weight excluding hydrogens is 512 g/mol. The van der Waals surface area contributed by atoms with Crippen LogP contribution in [-0.2, 0) is 6.54 Å². The SMILES string of the molecule is CN(C)C(=O)c1cccc(-c2cncc(-n3ncc4c(=O)n(CC5(O)CCN(C(=O)N(C)C)CC5)cnc43)c2)c1. The highest BCUT2D eigenvalue weighted by atomic mass is 16.3. The van der Waals surface area contributed by atoms with Crippen LogP contribution >= 0.6 is 0 Å². The summed E-state index contributed by atoms with van der Waals surface area (Å²) < 4.78 is 2.95. The summed E-state index contributed by atoms with van der Waals surface area (Å²) in [7, 11) is 6.81. The number of amides is 3. The number of rotatable bonds is 5. The lowest BCUT2D eigenvalue weighted by Crippen LogP contribution is -2.51. The molecule has 3 amide bonds. The van der Waals surface area contributed by atoms with Gasteiger partial charge in [-0.05, 0) is 36.6 Å². The molecule has 0 radical (unpaired) electrons. The van der Waals surface area contributed by atoms with Crippen molar-refractivity contribution < 1.29 is 14.7 Å². The average Bonchev–Trinajstić information content (AvgIpc) is 3.39. The first-order chi connectivity index (χ1) is 19.1. The van der Waals surface area contributed by atoms with Gasteiger partial charge >= 0.3 is 6.03 Å². The molecule has 12 heteroatoms. The van der Waals surface area contributed by atoms with Gasteiger partial charge in [-0.1, -0.05) is 12.1 Å². The van der Waals surface area contributed by atoms with E-state index in [9.17, 15) is 19.5 Å². The van der Waals surface area contributed by atoms with Crippen molar-refractivity contribution in [2.45, 2.75) is 25.0 Å². The number of aromatic nitrogens is 5. The molecule has 0 aliphatic carbocycles. The van der Waals surface area contributed by atoms with Crippen molar-refractivity contribution in [3.8, 4) is 16.8 Å². The zero-order valence-electron chi connectivity index (χ0n) is 23.0. The van der Waals surface area contributed by atoms with E-state index in [0.717, 1.165) is 11.1 Å². The van der Waals surface area contributed by atoms with Crippen LogP contribution in [-0.4, -0.2) is 103 Å². The van der Waals surface area contributed by atoms with Gasteiger partial charge in [-0.2, -0.15) is 5.10 Å². The van der Waals surface area contributed by atoms with Crippen LogP contribution in [0.5, 0.6) is 0 Å². The fraction of sp³-hybridized carbons (Fsp3) is 0.357. The van der Waals surface area contributed by atoms with E-state index in [2.05, 4.69) is 15.1 Å². The molecule has 0 spiro atoms. The number of piperidine rings is 1. The number of nitrogens with zero attached hydrogens (tertiary/aromatic N) is 8. The zero-order valence-corrected chi connectivity index (χ0v) is 23.0. The van der Waals surface area contributed by atoms with E-state index < -0.39 is 5.60 Å². The first kappa shape index (κ1) is 27.0. The van der Waals surface area contributed by atoms with Gasteiger partial charge in [-0.25, -0.2) is 14.5 Å². The predicted octanol–water partition coefficient (Wildman–Crippen LogP) is 1.85. The molecule has 0 unspecified atom stereocenters. The summed E-state index contributed by atoms with van der Waals surface area (Å²) in [5.74, 6) is -0.0956. The first-order valence-corrected chi connectivity index (χ1v) is 13.0. The van der Waals surface area contributed by atoms with E-state index in [1.165, 1.54) is 26.9 Å². The summed E-state index contributed by atoms with van der Waals surface area (Å²) in [4.78, 5) is 51.6. The lowest BCUT2D eigenvalue weighted by Gasteiger charge is -2.39. The van der Waals surface area contributed by atoms with Crippen LogP contribution in [0.3, 0.4) is 0 Å². The molecule has 1 aromatic carbocycles. The number of fused-ring (bicyclic) bond motifs is 1. The summed E-state index contributed by atoms with van der Waals surface area (Å²) in [5, 5.41) is 15.9. The summed E-state index contributed by atoms with van der Waals surface area (Å²) in [6, 6.07) is 9.08. The van der Waals surface area contributed by atoms with Gasteiger partial charge in [0.25, 0.3) is 11.5 Å². The minimum Gasteiger partial charge on any atom is -0.388 e. The van der Waals surface area contributed by atoms with Crippen molar-refractivity contribution in [1.29, 1.82) is 0 Å². The molecule has 5 rings (SSSR count). The molecule has 1 aliphatic rings. The maximum absolute atomic E-state index is 13.3. The number of urea groups is 1. The molecule has 0 bridgehead atoms. The number of likely N-dealkylation sites (tertiary alicyclic amines) is 1. The highest BCUT2D eigenvalue weighted by molar-refractivity contribution is 5.95. The molecule has 1 aliphatic heterocycles. The normalized spacial score (nSPS) is 14.8. The largest absolute Gasteiger partial charge is 0.388 e. The van der Waals surface area contributed by atoms with Crippen molar-refractivity contribution in [2.75, 3.05) is 41.3 Å². The van der Waals surface area contributed by atoms with E-state index in [4.69, 9.17) is 0 Å². The smallest absolute Gasteiger partial charge is 0.319 e. The molecule has 0 saturated carbocycles. The Morgan fingerprint density at radius 1 is 1.00 bits per heavy atom. The number of carbonyl (C=O) groups is 2. The van der Waals surface area contributed by atoms with Gasteiger partial charge in [0, 0.05) is 58.6 Å². The molecule has 1 saturated heterocycles. The predicted molar refractivity (Wildman–Crippen MR) is 149 cm³/mol. The van der Waals surface area contributed by atoms with Gasteiger partial charge in [0.15, 0.2) is 5.65 Å². The van der Waals surface area contributed by atoms with Gasteiger partial charge < -0.3 is 19.8 Å². The van der Waals surface area contributed by atoms with Gasteiger partial charge in [-0.15, -0.1) is 0 Å². The van der Waals surface area contributed by atoms with Crippen LogP contribution in [0.1, 0.15) is 23.2 Å². The molecule has 40 heavy (non-hydrogen) atoms. The second-order valence-electron chi connectivity index (χ2n) is 10.6. The number of pyridine rings is 1. The van der Waals surface area contributed by atoms with Crippen molar-refractivity contribution in [3.63, 3.8) is 0 Å². The molecule has 4 heterocycles. The third-order valence-corrected chi connectivity index (χ3v) is 7.18. The first-order valence-electron chi connectivity index (χ1n) is 13.0. The van der Waals surface area contributed by atoms with Crippen LogP contribution in [0.15, 0.2) is 60.0 Å². The topological polar surface area (TPSA) is 130 Å². The van der Waals surface area contributed by atoms with E-state index in [0.29, 0.717) is 48.2 Å². The van der Waals surface area contributed by atoms with Gasteiger partial charge in [-0.3, -0.25) is 19.1 Å². The summed E-state index contributed by atoms with van der Waals surface area (Å²) in [6.07, 6.45) is 6.93. The highest BCUT2D eigenvalue weighted by Crippen LogP contribution is 2.26. The lowest BCUT2D eigenvalue weighted by atomic mass is 9.91. The Morgan fingerprint density at radius 2 is 1.75 bits per heavy atom. The van der Waals surface area contributed by atoms with E-state index in [1.54, 1.807) is 56.2 Å². The Morgan fingerprint density at radius 3 is 2.45 bits per heavy atom. The van der Waals surface area contributed by atoms with Crippen molar-refractivity contribution in [3.05, 3.63) is 71.2 Å². The molecule has 1 fully saturated rings. The van der Waals surface area contributed by atoms with Gasteiger partial charge in [0.05, 0.1) is 30.2 Å². The molecule has 3 aromatic heterocycles. The Balaban J connectivity index is 1.39. The monoisotopic (exact) mass is 544 g/mol. The standard InChI is InChI=1S/C28H32N8O4/c1-32(2)25(37)20-7-5-6-19(12-20)21-13-22(15-29-14-21)36-24-23(16-31-36)26(38)35(18-30-24)17-28(40)8-10-34(11-9-28)27(39)33(3)4/h5-7,12-16,18,40H,8-11,17H2,1-4H3. The quantitative estimate of drug-likeness (QED) is 0.406. The van der Waals surface area contributed by atoms with E-state index in [-0.39, 0.29) is 24.0 Å². The second kappa shape index (κ2) is 10.5.